The molecule has 0 saturated carbocycles. The van der Waals surface area contributed by atoms with E-state index in [9.17, 15) is 9.18 Å². The van der Waals surface area contributed by atoms with Crippen molar-refractivity contribution < 1.29 is 13.7 Å². The lowest BCUT2D eigenvalue weighted by atomic mass is 10.0. The smallest absolute Gasteiger partial charge is 0.279 e. The third-order valence-electron chi connectivity index (χ3n) is 5.90. The zero-order valence-electron chi connectivity index (χ0n) is 18.1. The van der Waals surface area contributed by atoms with Crippen LogP contribution in [-0.4, -0.2) is 37.3 Å². The first kappa shape index (κ1) is 20.1. The van der Waals surface area contributed by atoms with Gasteiger partial charge in [-0.2, -0.15) is 10.1 Å². The molecule has 0 fully saturated rings. The van der Waals surface area contributed by atoms with Gasteiger partial charge in [-0.1, -0.05) is 35.0 Å². The lowest BCUT2D eigenvalue weighted by Gasteiger charge is -2.28. The van der Waals surface area contributed by atoms with E-state index in [-0.39, 0.29) is 23.2 Å². The molecule has 0 N–H and O–H groups in total. The van der Waals surface area contributed by atoms with Gasteiger partial charge in [0.2, 0.25) is 5.82 Å². The molecule has 162 valence electrons. The van der Waals surface area contributed by atoms with Crippen molar-refractivity contribution in [3.8, 4) is 23.0 Å². The van der Waals surface area contributed by atoms with Gasteiger partial charge in [-0.05, 0) is 37.6 Å². The van der Waals surface area contributed by atoms with Gasteiger partial charge in [0.1, 0.15) is 5.82 Å². The van der Waals surface area contributed by atoms with Crippen LogP contribution in [0.1, 0.15) is 32.7 Å². The summed E-state index contributed by atoms with van der Waals surface area (Å²) in [6.45, 7) is 4.91. The normalized spacial score (nSPS) is 13.3. The van der Waals surface area contributed by atoms with E-state index in [0.717, 1.165) is 22.4 Å². The van der Waals surface area contributed by atoms with Crippen molar-refractivity contribution in [2.45, 2.75) is 26.8 Å². The fourth-order valence-corrected chi connectivity index (χ4v) is 4.15. The Bertz CT molecular complexity index is 1340. The molecule has 5 rings (SSSR count). The van der Waals surface area contributed by atoms with Crippen LogP contribution in [0.2, 0.25) is 0 Å². The summed E-state index contributed by atoms with van der Waals surface area (Å²) in [6, 6.07) is 12.2. The molecule has 0 bridgehead atoms. The number of fused-ring (bicyclic) bond motifs is 1. The Kier molecular flexibility index (Phi) is 4.84. The topological polar surface area (TPSA) is 77.1 Å². The van der Waals surface area contributed by atoms with Gasteiger partial charge < -0.3 is 9.42 Å². The molecule has 2 aromatic carbocycles. The molecule has 7 nitrogen and oxygen atoms in total. The SMILES string of the molecule is Cc1ccc(C)c(C(=O)N2CCc3c(c(-c4nc(-c5ccccc5F)no4)nn3C)C2)c1. The van der Waals surface area contributed by atoms with Gasteiger partial charge in [-0.25, -0.2) is 4.39 Å². The molecule has 0 spiro atoms. The van der Waals surface area contributed by atoms with E-state index in [4.69, 9.17) is 4.52 Å². The van der Waals surface area contributed by atoms with E-state index in [1.165, 1.54) is 6.07 Å². The molecule has 3 heterocycles. The number of carbonyl (C=O) groups is 1. The van der Waals surface area contributed by atoms with E-state index >= 15 is 0 Å². The number of halogens is 1. The van der Waals surface area contributed by atoms with E-state index < -0.39 is 5.82 Å². The van der Waals surface area contributed by atoms with Gasteiger partial charge in [-0.3, -0.25) is 9.48 Å². The van der Waals surface area contributed by atoms with Crippen LogP contribution < -0.4 is 0 Å². The molecule has 2 aromatic heterocycles. The van der Waals surface area contributed by atoms with Crippen LogP contribution in [0.25, 0.3) is 23.0 Å². The molecule has 4 aromatic rings. The molecule has 0 aliphatic carbocycles. The lowest BCUT2D eigenvalue weighted by Crippen LogP contribution is -2.36. The minimum Gasteiger partial charge on any atom is -0.334 e. The first-order valence-corrected chi connectivity index (χ1v) is 10.4. The number of benzene rings is 2. The van der Waals surface area contributed by atoms with Gasteiger partial charge in [0.15, 0.2) is 5.69 Å². The second-order valence-corrected chi connectivity index (χ2v) is 8.10. The first-order valence-electron chi connectivity index (χ1n) is 10.4. The number of nitrogens with zero attached hydrogens (tertiary/aromatic N) is 5. The number of amides is 1. The van der Waals surface area contributed by atoms with Crippen molar-refractivity contribution in [1.82, 2.24) is 24.8 Å². The van der Waals surface area contributed by atoms with E-state index in [2.05, 4.69) is 15.2 Å². The number of carbonyl (C=O) groups excluding carboxylic acids is 1. The molecule has 0 atom stereocenters. The van der Waals surface area contributed by atoms with Crippen molar-refractivity contribution in [1.29, 1.82) is 0 Å². The summed E-state index contributed by atoms with van der Waals surface area (Å²) in [5.41, 5.74) is 5.39. The second-order valence-electron chi connectivity index (χ2n) is 8.10. The summed E-state index contributed by atoms with van der Waals surface area (Å²) in [6.07, 6.45) is 0.670. The fourth-order valence-electron chi connectivity index (χ4n) is 4.15. The number of hydrogen-bond donors (Lipinski definition) is 0. The van der Waals surface area contributed by atoms with Crippen LogP contribution in [0.4, 0.5) is 4.39 Å². The monoisotopic (exact) mass is 431 g/mol. The fraction of sp³-hybridized carbons (Fsp3) is 0.250. The van der Waals surface area contributed by atoms with Crippen molar-refractivity contribution in [2.75, 3.05) is 6.54 Å². The minimum absolute atomic E-state index is 0.00997. The quantitative estimate of drug-likeness (QED) is 0.488. The van der Waals surface area contributed by atoms with Gasteiger partial charge in [0, 0.05) is 36.8 Å². The van der Waals surface area contributed by atoms with Crippen molar-refractivity contribution in [3.05, 3.63) is 76.2 Å². The summed E-state index contributed by atoms with van der Waals surface area (Å²) in [5, 5.41) is 8.53. The van der Waals surface area contributed by atoms with Crippen LogP contribution >= 0.6 is 0 Å². The Morgan fingerprint density at radius 3 is 2.78 bits per heavy atom. The van der Waals surface area contributed by atoms with E-state index in [1.54, 1.807) is 22.9 Å². The summed E-state index contributed by atoms with van der Waals surface area (Å²) in [5.74, 6) is -0.0600. The Hall–Kier alpha value is -3.81. The number of aryl methyl sites for hydroxylation is 3. The second kappa shape index (κ2) is 7.71. The van der Waals surface area contributed by atoms with E-state index in [1.807, 2.05) is 44.0 Å². The van der Waals surface area contributed by atoms with Gasteiger partial charge in [0.25, 0.3) is 11.8 Å². The highest BCUT2D eigenvalue weighted by Gasteiger charge is 2.30. The molecular weight excluding hydrogens is 409 g/mol. The number of hydrogen-bond acceptors (Lipinski definition) is 5. The third kappa shape index (κ3) is 3.37. The minimum atomic E-state index is -0.423. The molecule has 1 aliphatic rings. The lowest BCUT2D eigenvalue weighted by molar-refractivity contribution is 0.0732. The average Bonchev–Trinajstić information content (AvgIpc) is 3.40. The third-order valence-corrected chi connectivity index (χ3v) is 5.90. The number of aromatic nitrogens is 4. The predicted molar refractivity (Wildman–Crippen MR) is 116 cm³/mol. The molecule has 1 aliphatic heterocycles. The zero-order chi connectivity index (χ0) is 22.4. The molecule has 1 amide bonds. The van der Waals surface area contributed by atoms with Crippen LogP contribution in [0.5, 0.6) is 0 Å². The summed E-state index contributed by atoms with van der Waals surface area (Å²) in [4.78, 5) is 19.5. The van der Waals surface area contributed by atoms with Crippen LogP contribution in [0.15, 0.2) is 47.0 Å². The molecule has 0 saturated heterocycles. The van der Waals surface area contributed by atoms with E-state index in [0.29, 0.717) is 30.8 Å². The van der Waals surface area contributed by atoms with Crippen LogP contribution in [0, 0.1) is 19.7 Å². The predicted octanol–water partition coefficient (Wildman–Crippen LogP) is 4.09. The van der Waals surface area contributed by atoms with Gasteiger partial charge >= 0.3 is 0 Å². The molecule has 0 unspecified atom stereocenters. The Morgan fingerprint density at radius 2 is 1.97 bits per heavy atom. The summed E-state index contributed by atoms with van der Waals surface area (Å²) >= 11 is 0. The Labute approximate surface area is 184 Å². The highest BCUT2D eigenvalue weighted by molar-refractivity contribution is 5.96. The first-order chi connectivity index (χ1) is 15.4. The Morgan fingerprint density at radius 1 is 1.16 bits per heavy atom. The molecule has 8 heteroatoms. The molecule has 0 radical (unpaired) electrons. The summed E-state index contributed by atoms with van der Waals surface area (Å²) < 4.78 is 21.4. The maximum atomic E-state index is 14.1. The standard InChI is InChI=1S/C24H22FN5O2/c1-14-8-9-15(2)17(12-14)24(31)30-11-10-20-18(13-30)21(27-29(20)3)23-26-22(28-32-23)16-6-4-5-7-19(16)25/h4-9,12H,10-11,13H2,1-3H3. The van der Waals surface area contributed by atoms with Crippen molar-refractivity contribution >= 4 is 5.91 Å². The average molecular weight is 431 g/mol. The summed E-state index contributed by atoms with van der Waals surface area (Å²) in [7, 11) is 1.86. The van der Waals surface area contributed by atoms with Crippen LogP contribution in [-0.2, 0) is 20.0 Å². The highest BCUT2D eigenvalue weighted by Crippen LogP contribution is 2.31. The molecule has 32 heavy (non-hydrogen) atoms. The van der Waals surface area contributed by atoms with Crippen LogP contribution in [0.3, 0.4) is 0 Å². The van der Waals surface area contributed by atoms with Gasteiger partial charge in [0.05, 0.1) is 12.1 Å². The maximum Gasteiger partial charge on any atom is 0.279 e. The largest absolute Gasteiger partial charge is 0.334 e. The van der Waals surface area contributed by atoms with Gasteiger partial charge in [-0.15, -0.1) is 0 Å². The zero-order valence-corrected chi connectivity index (χ0v) is 18.1. The van der Waals surface area contributed by atoms with Crippen molar-refractivity contribution in [3.63, 3.8) is 0 Å². The van der Waals surface area contributed by atoms with Crippen molar-refractivity contribution in [2.24, 2.45) is 7.05 Å². The Balaban J connectivity index is 1.49. The maximum absolute atomic E-state index is 14.1. The molecular formula is C24H22FN5O2. The highest BCUT2D eigenvalue weighted by atomic mass is 19.1. The number of rotatable bonds is 3.